The number of hydrogen-bond donors (Lipinski definition) is 1. The van der Waals surface area contributed by atoms with E-state index >= 15 is 0 Å². The molecule has 0 bridgehead atoms. The fourth-order valence-electron chi connectivity index (χ4n) is 2.47. The third-order valence-electron chi connectivity index (χ3n) is 3.59. The molecule has 0 spiro atoms. The van der Waals surface area contributed by atoms with Gasteiger partial charge in [-0.1, -0.05) is 6.08 Å². The van der Waals surface area contributed by atoms with Gasteiger partial charge >= 0.3 is 6.09 Å². The van der Waals surface area contributed by atoms with Crippen LogP contribution in [0, 0.1) is 0 Å². The first-order valence-corrected chi connectivity index (χ1v) is 7.56. The van der Waals surface area contributed by atoms with Crippen molar-refractivity contribution in [3.05, 3.63) is 12.7 Å². The lowest BCUT2D eigenvalue weighted by Crippen LogP contribution is -2.51. The maximum absolute atomic E-state index is 11.8. The van der Waals surface area contributed by atoms with E-state index in [1.165, 1.54) is 6.92 Å². The number of carbonyl (C=O) groups excluding carboxylic acids is 3. The monoisotopic (exact) mass is 311 g/mol. The topological polar surface area (TPSA) is 79.0 Å². The van der Waals surface area contributed by atoms with E-state index in [1.807, 2.05) is 0 Å². The van der Waals surface area contributed by atoms with Gasteiger partial charge in [-0.05, 0) is 19.8 Å². The van der Waals surface area contributed by atoms with E-state index in [0.29, 0.717) is 39.1 Å². The van der Waals surface area contributed by atoms with Gasteiger partial charge in [-0.15, -0.1) is 6.58 Å². The molecule has 0 aliphatic carbocycles. The normalized spacial score (nSPS) is 15.1. The van der Waals surface area contributed by atoms with Gasteiger partial charge in [-0.2, -0.15) is 0 Å². The zero-order chi connectivity index (χ0) is 16.5. The molecule has 124 valence electrons. The van der Waals surface area contributed by atoms with Crippen LogP contribution in [0.2, 0.25) is 0 Å². The van der Waals surface area contributed by atoms with E-state index in [9.17, 15) is 14.4 Å². The Bertz CT molecular complexity index is 417. The van der Waals surface area contributed by atoms with Crippen LogP contribution in [0.1, 0.15) is 26.7 Å². The fraction of sp³-hybridized carbons (Fsp3) is 0.667. The highest BCUT2D eigenvalue weighted by Gasteiger charge is 2.29. The molecule has 1 heterocycles. The van der Waals surface area contributed by atoms with E-state index in [1.54, 1.807) is 22.8 Å². The molecule has 1 aliphatic heterocycles. The summed E-state index contributed by atoms with van der Waals surface area (Å²) in [5.74, 6) is -0.341. The predicted molar refractivity (Wildman–Crippen MR) is 82.2 cm³/mol. The summed E-state index contributed by atoms with van der Waals surface area (Å²) in [7, 11) is 0. The predicted octanol–water partition coefficient (Wildman–Crippen LogP) is 0.758. The van der Waals surface area contributed by atoms with Gasteiger partial charge in [0.1, 0.15) is 0 Å². The van der Waals surface area contributed by atoms with Crippen LogP contribution in [0.15, 0.2) is 12.7 Å². The smallest absolute Gasteiger partial charge is 0.409 e. The standard InChI is InChI=1S/C15H25N3O4/c1-4-8-16-14(20)11-18(12(3)19)13-6-9-17(10-7-13)15(21)22-5-2/h4,13H,1,5-11H2,2-3H3,(H,16,20). The van der Waals surface area contributed by atoms with E-state index in [-0.39, 0.29) is 30.5 Å². The second-order valence-electron chi connectivity index (χ2n) is 5.16. The number of ether oxygens (including phenoxy) is 1. The largest absolute Gasteiger partial charge is 0.450 e. The van der Waals surface area contributed by atoms with Crippen LogP contribution in [-0.2, 0) is 14.3 Å². The number of rotatable bonds is 6. The molecule has 1 N–H and O–H groups in total. The first kappa shape index (κ1) is 18.0. The summed E-state index contributed by atoms with van der Waals surface area (Å²) in [5.41, 5.74) is 0. The molecule has 0 aromatic rings. The number of carbonyl (C=O) groups is 3. The van der Waals surface area contributed by atoms with E-state index in [4.69, 9.17) is 4.74 Å². The summed E-state index contributed by atoms with van der Waals surface area (Å²) in [6.45, 7) is 8.58. The van der Waals surface area contributed by atoms with Crippen LogP contribution in [0.25, 0.3) is 0 Å². The molecule has 1 aliphatic rings. The molecule has 0 aromatic carbocycles. The van der Waals surface area contributed by atoms with Crippen molar-refractivity contribution in [2.45, 2.75) is 32.7 Å². The van der Waals surface area contributed by atoms with Gasteiger partial charge in [0.15, 0.2) is 0 Å². The third-order valence-corrected chi connectivity index (χ3v) is 3.59. The van der Waals surface area contributed by atoms with Crippen molar-refractivity contribution in [3.8, 4) is 0 Å². The van der Waals surface area contributed by atoms with Crippen molar-refractivity contribution in [1.29, 1.82) is 0 Å². The maximum atomic E-state index is 11.8. The molecular weight excluding hydrogens is 286 g/mol. The Kier molecular flexibility index (Phi) is 7.42. The van der Waals surface area contributed by atoms with E-state index in [0.717, 1.165) is 0 Å². The number of nitrogens with one attached hydrogen (secondary N) is 1. The Morgan fingerprint density at radius 1 is 1.36 bits per heavy atom. The average molecular weight is 311 g/mol. The minimum absolute atomic E-state index is 0.0299. The molecule has 22 heavy (non-hydrogen) atoms. The molecule has 1 saturated heterocycles. The number of hydrogen-bond acceptors (Lipinski definition) is 4. The zero-order valence-corrected chi connectivity index (χ0v) is 13.3. The molecular formula is C15H25N3O4. The Labute approximate surface area is 131 Å². The van der Waals surface area contributed by atoms with Crippen LogP contribution < -0.4 is 5.32 Å². The van der Waals surface area contributed by atoms with Crippen molar-refractivity contribution in [3.63, 3.8) is 0 Å². The minimum Gasteiger partial charge on any atom is -0.450 e. The van der Waals surface area contributed by atoms with Crippen LogP contribution >= 0.6 is 0 Å². The molecule has 0 aromatic heterocycles. The number of nitrogens with zero attached hydrogens (tertiary/aromatic N) is 2. The lowest BCUT2D eigenvalue weighted by Gasteiger charge is -2.37. The average Bonchev–Trinajstić information content (AvgIpc) is 2.50. The SMILES string of the molecule is C=CCNC(=O)CN(C(C)=O)C1CCN(C(=O)OCC)CC1. The van der Waals surface area contributed by atoms with Crippen LogP contribution in [0.4, 0.5) is 4.79 Å². The van der Waals surface area contributed by atoms with Gasteiger partial charge in [0.25, 0.3) is 0 Å². The molecule has 7 nitrogen and oxygen atoms in total. The van der Waals surface area contributed by atoms with Crippen LogP contribution in [0.5, 0.6) is 0 Å². The first-order valence-electron chi connectivity index (χ1n) is 7.56. The van der Waals surface area contributed by atoms with Gasteiger partial charge < -0.3 is 19.9 Å². The van der Waals surface area contributed by atoms with E-state index < -0.39 is 0 Å². The summed E-state index contributed by atoms with van der Waals surface area (Å²) in [6.07, 6.45) is 2.56. The lowest BCUT2D eigenvalue weighted by atomic mass is 10.0. The maximum Gasteiger partial charge on any atom is 0.409 e. The van der Waals surface area contributed by atoms with Crippen molar-refractivity contribution in [2.24, 2.45) is 0 Å². The van der Waals surface area contributed by atoms with Crippen molar-refractivity contribution in [1.82, 2.24) is 15.1 Å². The van der Waals surface area contributed by atoms with Crippen molar-refractivity contribution >= 4 is 17.9 Å². The van der Waals surface area contributed by atoms with Crippen molar-refractivity contribution < 1.29 is 19.1 Å². The molecule has 1 rings (SSSR count). The van der Waals surface area contributed by atoms with Crippen LogP contribution in [0.3, 0.4) is 0 Å². The number of likely N-dealkylation sites (tertiary alicyclic amines) is 1. The van der Waals surface area contributed by atoms with Crippen molar-refractivity contribution in [2.75, 3.05) is 32.8 Å². The van der Waals surface area contributed by atoms with E-state index in [2.05, 4.69) is 11.9 Å². The highest BCUT2D eigenvalue weighted by atomic mass is 16.6. The first-order chi connectivity index (χ1) is 10.5. The van der Waals surface area contributed by atoms with Gasteiger partial charge in [0.2, 0.25) is 11.8 Å². The summed E-state index contributed by atoms with van der Waals surface area (Å²) < 4.78 is 4.97. The Morgan fingerprint density at radius 3 is 2.50 bits per heavy atom. The number of piperidine rings is 1. The third kappa shape index (κ3) is 5.38. The Hall–Kier alpha value is -2.05. The lowest BCUT2D eigenvalue weighted by molar-refractivity contribution is -0.137. The van der Waals surface area contributed by atoms with Crippen LogP contribution in [-0.4, -0.2) is 66.5 Å². The van der Waals surface area contributed by atoms with Gasteiger partial charge in [0.05, 0.1) is 13.2 Å². The van der Waals surface area contributed by atoms with Gasteiger partial charge in [0, 0.05) is 32.6 Å². The second-order valence-corrected chi connectivity index (χ2v) is 5.16. The zero-order valence-electron chi connectivity index (χ0n) is 13.3. The summed E-state index contributed by atoms with van der Waals surface area (Å²) >= 11 is 0. The number of amides is 3. The Balaban J connectivity index is 2.53. The Morgan fingerprint density at radius 2 is 2.00 bits per heavy atom. The molecule has 7 heteroatoms. The molecule has 0 atom stereocenters. The molecule has 0 unspecified atom stereocenters. The molecule has 0 radical (unpaired) electrons. The highest BCUT2D eigenvalue weighted by Crippen LogP contribution is 2.17. The van der Waals surface area contributed by atoms with Gasteiger partial charge in [-0.3, -0.25) is 9.59 Å². The quantitative estimate of drug-likeness (QED) is 0.735. The fourth-order valence-corrected chi connectivity index (χ4v) is 2.47. The van der Waals surface area contributed by atoms with Gasteiger partial charge in [-0.25, -0.2) is 4.79 Å². The minimum atomic E-state index is -0.320. The summed E-state index contributed by atoms with van der Waals surface area (Å²) in [5, 5.41) is 2.67. The second kappa shape index (κ2) is 9.07. The highest BCUT2D eigenvalue weighted by molar-refractivity contribution is 5.84. The molecule has 0 saturated carbocycles. The summed E-state index contributed by atoms with van der Waals surface area (Å²) in [6, 6.07) is -0.0299. The molecule has 1 fully saturated rings. The summed E-state index contributed by atoms with van der Waals surface area (Å²) in [4.78, 5) is 38.4. The molecule has 3 amide bonds.